The van der Waals surface area contributed by atoms with Gasteiger partial charge in [0.15, 0.2) is 4.34 Å². The van der Waals surface area contributed by atoms with Crippen molar-refractivity contribution >= 4 is 35.7 Å². The van der Waals surface area contributed by atoms with Gasteiger partial charge in [-0.15, -0.1) is 24.0 Å². The fourth-order valence-electron chi connectivity index (χ4n) is 0.343. The number of thiazole rings is 1. The predicted molar refractivity (Wildman–Crippen MR) is 41.1 cm³/mol. The molecule has 0 amide bonds. The van der Waals surface area contributed by atoms with E-state index in [1.54, 1.807) is 23.1 Å². The predicted octanol–water partition coefficient (Wildman–Crippen LogP) is 2.15. The standard InChI is InChI=1S/C4H5NS3/c1-7-4-5-3(6)2-8-4/h2,6H,1H3. The molecule has 1 rings (SSSR count). The Balaban J connectivity index is 2.84. The monoisotopic (exact) mass is 163 g/mol. The van der Waals surface area contributed by atoms with Crippen LogP contribution in [0.3, 0.4) is 0 Å². The molecule has 0 fully saturated rings. The van der Waals surface area contributed by atoms with Gasteiger partial charge in [-0.3, -0.25) is 0 Å². The third kappa shape index (κ3) is 1.40. The SMILES string of the molecule is CSc1nc(S)cs1. The van der Waals surface area contributed by atoms with Gasteiger partial charge < -0.3 is 0 Å². The summed E-state index contributed by atoms with van der Waals surface area (Å²) in [6.45, 7) is 0. The Hall–Kier alpha value is 0.330. The van der Waals surface area contributed by atoms with E-state index >= 15 is 0 Å². The van der Waals surface area contributed by atoms with Gasteiger partial charge >= 0.3 is 0 Å². The van der Waals surface area contributed by atoms with Crippen molar-refractivity contribution in [2.45, 2.75) is 9.37 Å². The van der Waals surface area contributed by atoms with Crippen LogP contribution in [-0.4, -0.2) is 11.2 Å². The summed E-state index contributed by atoms with van der Waals surface area (Å²) in [6.07, 6.45) is 2.01. The van der Waals surface area contributed by atoms with E-state index in [-0.39, 0.29) is 0 Å². The Labute approximate surface area is 61.9 Å². The lowest BCUT2D eigenvalue weighted by Crippen LogP contribution is -1.62. The molecule has 0 aliphatic heterocycles. The number of thioether (sulfide) groups is 1. The van der Waals surface area contributed by atoms with Crippen LogP contribution >= 0.6 is 35.7 Å². The maximum Gasteiger partial charge on any atom is 0.150 e. The van der Waals surface area contributed by atoms with E-state index < -0.39 is 0 Å². The van der Waals surface area contributed by atoms with Crippen LogP contribution in [0.25, 0.3) is 0 Å². The molecule has 1 heterocycles. The van der Waals surface area contributed by atoms with E-state index in [1.807, 2.05) is 11.6 Å². The molecule has 0 aliphatic carbocycles. The summed E-state index contributed by atoms with van der Waals surface area (Å²) in [6, 6.07) is 0. The van der Waals surface area contributed by atoms with Crippen LogP contribution in [0.4, 0.5) is 0 Å². The number of aromatic nitrogens is 1. The van der Waals surface area contributed by atoms with Crippen molar-refractivity contribution in [3.05, 3.63) is 5.38 Å². The molecular weight excluding hydrogens is 158 g/mol. The summed E-state index contributed by atoms with van der Waals surface area (Å²) < 4.78 is 1.08. The molecule has 0 aliphatic rings. The van der Waals surface area contributed by atoms with Crippen molar-refractivity contribution < 1.29 is 0 Å². The zero-order chi connectivity index (χ0) is 5.98. The van der Waals surface area contributed by atoms with Gasteiger partial charge in [0.05, 0.1) is 0 Å². The van der Waals surface area contributed by atoms with Crippen molar-refractivity contribution in [1.82, 2.24) is 4.98 Å². The first-order valence-corrected chi connectivity index (χ1v) is 4.56. The molecule has 8 heavy (non-hydrogen) atoms. The first kappa shape index (κ1) is 6.45. The van der Waals surface area contributed by atoms with Crippen molar-refractivity contribution in [2.75, 3.05) is 6.26 Å². The van der Waals surface area contributed by atoms with Crippen LogP contribution in [0.1, 0.15) is 0 Å². The van der Waals surface area contributed by atoms with Gasteiger partial charge in [-0.25, -0.2) is 4.98 Å². The highest BCUT2D eigenvalue weighted by atomic mass is 32.2. The topological polar surface area (TPSA) is 12.9 Å². The summed E-state index contributed by atoms with van der Waals surface area (Å²) in [5.74, 6) is 0. The molecule has 0 atom stereocenters. The lowest BCUT2D eigenvalue weighted by molar-refractivity contribution is 1.11. The molecular formula is C4H5NS3. The summed E-state index contributed by atoms with van der Waals surface area (Å²) in [7, 11) is 0. The second-order valence-corrected chi connectivity index (χ2v) is 3.55. The average Bonchev–Trinajstić information content (AvgIpc) is 2.14. The van der Waals surface area contributed by atoms with Gasteiger partial charge in [0.2, 0.25) is 0 Å². The van der Waals surface area contributed by atoms with E-state index in [0.717, 1.165) is 9.37 Å². The van der Waals surface area contributed by atoms with Crippen LogP contribution < -0.4 is 0 Å². The summed E-state index contributed by atoms with van der Waals surface area (Å²) >= 11 is 7.32. The minimum Gasteiger partial charge on any atom is -0.224 e. The Kier molecular flexibility index (Phi) is 2.22. The summed E-state index contributed by atoms with van der Waals surface area (Å²) in [4.78, 5) is 4.07. The van der Waals surface area contributed by atoms with Crippen molar-refractivity contribution in [3.8, 4) is 0 Å². The molecule has 1 aromatic heterocycles. The molecule has 1 aromatic rings. The molecule has 0 saturated carbocycles. The maximum absolute atomic E-state index is 4.07. The van der Waals surface area contributed by atoms with Crippen LogP contribution in [0.2, 0.25) is 0 Å². The Morgan fingerprint density at radius 1 is 1.88 bits per heavy atom. The van der Waals surface area contributed by atoms with Gasteiger partial charge in [0.25, 0.3) is 0 Å². The molecule has 0 unspecified atom stereocenters. The van der Waals surface area contributed by atoms with E-state index in [2.05, 4.69) is 17.6 Å². The smallest absolute Gasteiger partial charge is 0.150 e. The van der Waals surface area contributed by atoms with Crippen LogP contribution in [0.5, 0.6) is 0 Å². The second kappa shape index (κ2) is 2.75. The van der Waals surface area contributed by atoms with Gasteiger partial charge in [0, 0.05) is 5.38 Å². The molecule has 0 N–H and O–H groups in total. The lowest BCUT2D eigenvalue weighted by atomic mass is 11.0. The third-order valence-electron chi connectivity index (χ3n) is 0.646. The lowest BCUT2D eigenvalue weighted by Gasteiger charge is -1.78. The first-order valence-electron chi connectivity index (χ1n) is 2.01. The molecule has 0 spiro atoms. The van der Waals surface area contributed by atoms with Crippen LogP contribution in [0, 0.1) is 0 Å². The Morgan fingerprint density at radius 2 is 2.62 bits per heavy atom. The minimum absolute atomic E-state index is 0.819. The fraction of sp³-hybridized carbons (Fsp3) is 0.250. The average molecular weight is 163 g/mol. The van der Waals surface area contributed by atoms with Gasteiger partial charge in [-0.2, -0.15) is 0 Å². The summed E-state index contributed by atoms with van der Waals surface area (Å²) in [5.41, 5.74) is 0. The van der Waals surface area contributed by atoms with Crippen LogP contribution in [0.15, 0.2) is 14.7 Å². The molecule has 0 radical (unpaired) electrons. The molecule has 0 saturated heterocycles. The number of hydrogen-bond donors (Lipinski definition) is 1. The van der Waals surface area contributed by atoms with E-state index in [1.165, 1.54) is 0 Å². The normalized spacial score (nSPS) is 9.75. The van der Waals surface area contributed by atoms with E-state index in [0.29, 0.717) is 0 Å². The van der Waals surface area contributed by atoms with Gasteiger partial charge in [0.1, 0.15) is 5.03 Å². The Bertz CT molecular complexity index is 172. The van der Waals surface area contributed by atoms with E-state index in [9.17, 15) is 0 Å². The number of rotatable bonds is 1. The zero-order valence-corrected chi connectivity index (χ0v) is 6.82. The minimum atomic E-state index is 0.819. The number of thiol groups is 1. The molecule has 1 nitrogen and oxygen atoms in total. The maximum atomic E-state index is 4.07. The molecule has 0 aromatic carbocycles. The van der Waals surface area contributed by atoms with Crippen molar-refractivity contribution in [3.63, 3.8) is 0 Å². The van der Waals surface area contributed by atoms with Crippen LogP contribution in [-0.2, 0) is 0 Å². The highest BCUT2D eigenvalue weighted by Gasteiger charge is 1.92. The third-order valence-corrected chi connectivity index (χ3v) is 2.91. The molecule has 0 bridgehead atoms. The van der Waals surface area contributed by atoms with Gasteiger partial charge in [-0.1, -0.05) is 11.8 Å². The highest BCUT2D eigenvalue weighted by molar-refractivity contribution is 8.00. The Morgan fingerprint density at radius 3 is 2.88 bits per heavy atom. The summed E-state index contributed by atoms with van der Waals surface area (Å²) in [5, 5.41) is 2.74. The van der Waals surface area contributed by atoms with Crippen molar-refractivity contribution in [2.24, 2.45) is 0 Å². The quantitative estimate of drug-likeness (QED) is 0.503. The molecule has 44 valence electrons. The van der Waals surface area contributed by atoms with Gasteiger partial charge in [-0.05, 0) is 6.26 Å². The first-order chi connectivity index (χ1) is 3.83. The molecule has 4 heteroatoms. The van der Waals surface area contributed by atoms with Crippen molar-refractivity contribution in [1.29, 1.82) is 0 Å². The highest BCUT2D eigenvalue weighted by Crippen LogP contribution is 2.20. The number of hydrogen-bond acceptors (Lipinski definition) is 4. The second-order valence-electron chi connectivity index (χ2n) is 1.18. The zero-order valence-electron chi connectivity index (χ0n) is 4.29. The largest absolute Gasteiger partial charge is 0.224 e. The van der Waals surface area contributed by atoms with E-state index in [4.69, 9.17) is 0 Å². The fourth-order valence-corrected chi connectivity index (χ4v) is 1.87. The number of nitrogens with zero attached hydrogens (tertiary/aromatic N) is 1.